The van der Waals surface area contributed by atoms with Crippen LogP contribution in [0.25, 0.3) is 10.9 Å². The molecule has 5 heteroatoms. The summed E-state index contributed by atoms with van der Waals surface area (Å²) < 4.78 is 14.8. The molecule has 2 aromatic carbocycles. The normalized spacial score (nSPS) is 10.2. The first kappa shape index (κ1) is 16.8. The lowest BCUT2D eigenvalue weighted by molar-refractivity contribution is -0.114. The Balaban J connectivity index is 1.99. The Morgan fingerprint density at radius 3 is 2.60 bits per heavy atom. The molecule has 3 aromatic rings. The number of aryl methyl sites for hydroxylation is 1. The highest BCUT2D eigenvalue weighted by atomic mass is 35.5. The van der Waals surface area contributed by atoms with Gasteiger partial charge in [-0.2, -0.15) is 0 Å². The van der Waals surface area contributed by atoms with Crippen molar-refractivity contribution in [3.8, 4) is 11.8 Å². The van der Waals surface area contributed by atoms with E-state index in [0.717, 1.165) is 22.0 Å². The fourth-order valence-electron chi connectivity index (χ4n) is 2.44. The van der Waals surface area contributed by atoms with Crippen molar-refractivity contribution in [3.05, 3.63) is 77.2 Å². The summed E-state index contributed by atoms with van der Waals surface area (Å²) in [6.45, 7) is 2.99. The summed E-state index contributed by atoms with van der Waals surface area (Å²) in [5.74, 6) is 4.33. The van der Waals surface area contributed by atoms with Crippen LogP contribution in [-0.4, -0.2) is 10.5 Å². The first-order chi connectivity index (χ1) is 11.9. The van der Waals surface area contributed by atoms with E-state index >= 15 is 0 Å². The smallest absolute Gasteiger partial charge is 0.283 e. The molecule has 0 saturated heterocycles. The number of fused-ring (bicyclic) bond motifs is 1. The number of nitrogens with one attached hydrogen (secondary N) is 1. The molecule has 0 saturated carbocycles. The molecule has 0 atom stereocenters. The van der Waals surface area contributed by atoms with Gasteiger partial charge in [-0.1, -0.05) is 30.0 Å². The van der Waals surface area contributed by atoms with E-state index in [9.17, 15) is 9.18 Å². The van der Waals surface area contributed by atoms with Crippen molar-refractivity contribution in [2.75, 3.05) is 5.32 Å². The maximum absolute atomic E-state index is 12.9. The van der Waals surface area contributed by atoms with Gasteiger partial charge in [0.1, 0.15) is 0 Å². The van der Waals surface area contributed by atoms with Crippen LogP contribution in [0.3, 0.4) is 0 Å². The molecule has 0 fully saturated rings. The molecule has 1 heterocycles. The fraction of sp³-hybridized carbons (Fsp3) is 0.0500. The molecule has 0 aliphatic heterocycles. The quantitative estimate of drug-likeness (QED) is 0.528. The third-order valence-electron chi connectivity index (χ3n) is 3.68. The molecular weight excluding hydrogens is 339 g/mol. The van der Waals surface area contributed by atoms with Crippen LogP contribution in [0.2, 0.25) is 5.02 Å². The highest BCUT2D eigenvalue weighted by Crippen LogP contribution is 2.24. The molecule has 0 aliphatic rings. The number of rotatable bonds is 2. The van der Waals surface area contributed by atoms with Crippen LogP contribution in [-0.2, 0) is 11.8 Å². The van der Waals surface area contributed by atoms with Gasteiger partial charge in [0.25, 0.3) is 5.91 Å². The number of hydrogen-bond donors (Lipinski definition) is 1. The molecule has 25 heavy (non-hydrogen) atoms. The second-order valence-electron chi connectivity index (χ2n) is 5.50. The zero-order valence-corrected chi connectivity index (χ0v) is 14.2. The molecule has 0 radical (unpaired) electrons. The zero-order valence-electron chi connectivity index (χ0n) is 13.4. The molecule has 124 valence electrons. The minimum absolute atomic E-state index is 0.483. The van der Waals surface area contributed by atoms with E-state index in [4.69, 9.17) is 11.6 Å². The second-order valence-corrected chi connectivity index (χ2v) is 5.94. The van der Waals surface area contributed by atoms with Gasteiger partial charge in [0.15, 0.2) is 5.83 Å². The molecule has 0 bridgehead atoms. The molecule has 1 N–H and O–H groups in total. The maximum Gasteiger partial charge on any atom is 0.283 e. The second kappa shape index (κ2) is 6.84. The molecule has 1 amide bonds. The summed E-state index contributed by atoms with van der Waals surface area (Å²) in [6.07, 6.45) is 1.91. The Labute approximate surface area is 149 Å². The Hall–Kier alpha value is -3.03. The number of benzene rings is 2. The maximum atomic E-state index is 12.9. The van der Waals surface area contributed by atoms with Crippen molar-refractivity contribution >= 4 is 34.1 Å². The minimum atomic E-state index is -1.03. The lowest BCUT2D eigenvalue weighted by atomic mass is 10.1. The first-order valence-corrected chi connectivity index (χ1v) is 7.84. The van der Waals surface area contributed by atoms with Gasteiger partial charge in [0, 0.05) is 40.4 Å². The van der Waals surface area contributed by atoms with Gasteiger partial charge in [-0.25, -0.2) is 4.39 Å². The van der Waals surface area contributed by atoms with Gasteiger partial charge in [-0.15, -0.1) is 0 Å². The van der Waals surface area contributed by atoms with Crippen molar-refractivity contribution < 1.29 is 9.18 Å². The van der Waals surface area contributed by atoms with Crippen molar-refractivity contribution in [1.82, 2.24) is 4.57 Å². The van der Waals surface area contributed by atoms with E-state index in [2.05, 4.69) is 23.7 Å². The fourth-order valence-corrected chi connectivity index (χ4v) is 2.57. The average molecular weight is 353 g/mol. The highest BCUT2D eigenvalue weighted by Gasteiger charge is 2.09. The van der Waals surface area contributed by atoms with Crippen molar-refractivity contribution in [3.63, 3.8) is 0 Å². The summed E-state index contributed by atoms with van der Waals surface area (Å²) in [5, 5.41) is 3.99. The first-order valence-electron chi connectivity index (χ1n) is 7.46. The van der Waals surface area contributed by atoms with Crippen molar-refractivity contribution in [1.29, 1.82) is 0 Å². The number of carbonyl (C=O) groups is 1. The lowest BCUT2D eigenvalue weighted by Gasteiger charge is -2.04. The summed E-state index contributed by atoms with van der Waals surface area (Å²) in [5.41, 5.74) is 3.09. The van der Waals surface area contributed by atoms with E-state index in [-0.39, 0.29) is 0 Å². The largest absolute Gasteiger partial charge is 0.349 e. The summed E-state index contributed by atoms with van der Waals surface area (Å²) in [4.78, 5) is 11.4. The summed E-state index contributed by atoms with van der Waals surface area (Å²) in [6, 6.07) is 12.6. The van der Waals surface area contributed by atoms with Crippen LogP contribution in [0.1, 0.15) is 11.1 Å². The Bertz CT molecular complexity index is 1040. The van der Waals surface area contributed by atoms with Crippen LogP contribution in [0, 0.1) is 11.8 Å². The highest BCUT2D eigenvalue weighted by molar-refractivity contribution is 6.30. The summed E-state index contributed by atoms with van der Waals surface area (Å²) >= 11 is 5.87. The SMILES string of the molecule is C=C(F)C(=O)Nc1ccc2c(c1)c(C#Cc1ccc(Cl)cc1)cn2C. The number of aromatic nitrogens is 1. The molecule has 0 spiro atoms. The minimum Gasteiger partial charge on any atom is -0.349 e. The molecule has 0 unspecified atom stereocenters. The van der Waals surface area contributed by atoms with Gasteiger partial charge in [-0.05, 0) is 42.5 Å². The number of carbonyl (C=O) groups excluding carboxylic acids is 1. The number of halogens is 2. The third kappa shape index (κ3) is 3.73. The van der Waals surface area contributed by atoms with Crippen molar-refractivity contribution in [2.24, 2.45) is 7.05 Å². The van der Waals surface area contributed by atoms with E-state index in [1.165, 1.54) is 0 Å². The average Bonchev–Trinajstić information content (AvgIpc) is 2.90. The van der Waals surface area contributed by atoms with E-state index in [1.807, 2.05) is 36.0 Å². The predicted octanol–water partition coefficient (Wildman–Crippen LogP) is 4.65. The van der Waals surface area contributed by atoms with Crippen LogP contribution in [0.5, 0.6) is 0 Å². The van der Waals surface area contributed by atoms with Gasteiger partial charge in [0.05, 0.1) is 5.56 Å². The lowest BCUT2D eigenvalue weighted by Crippen LogP contribution is -2.10. The number of hydrogen-bond acceptors (Lipinski definition) is 1. The molecule has 0 aliphatic carbocycles. The van der Waals surface area contributed by atoms with E-state index in [0.29, 0.717) is 10.7 Å². The van der Waals surface area contributed by atoms with Gasteiger partial charge in [-0.3, -0.25) is 4.79 Å². The van der Waals surface area contributed by atoms with Gasteiger partial charge in [0.2, 0.25) is 0 Å². The van der Waals surface area contributed by atoms with Crippen LogP contribution < -0.4 is 5.32 Å². The van der Waals surface area contributed by atoms with Gasteiger partial charge < -0.3 is 9.88 Å². The number of amides is 1. The van der Waals surface area contributed by atoms with Crippen LogP contribution in [0.4, 0.5) is 10.1 Å². The van der Waals surface area contributed by atoms with Crippen LogP contribution in [0.15, 0.2) is 61.1 Å². The monoisotopic (exact) mass is 352 g/mol. The zero-order chi connectivity index (χ0) is 18.0. The standard InChI is InChI=1S/C20H14ClFN2O/c1-13(22)20(25)23-17-9-10-19-18(11-17)15(12-24(19)2)6-3-14-4-7-16(21)8-5-14/h4-5,7-12H,1H2,2H3,(H,23,25). The Morgan fingerprint density at radius 1 is 1.20 bits per heavy atom. The van der Waals surface area contributed by atoms with E-state index in [1.54, 1.807) is 24.3 Å². The Morgan fingerprint density at radius 2 is 1.92 bits per heavy atom. The number of nitrogens with zero attached hydrogens (tertiary/aromatic N) is 1. The summed E-state index contributed by atoms with van der Waals surface area (Å²) in [7, 11) is 1.91. The number of anilines is 1. The predicted molar refractivity (Wildman–Crippen MR) is 99.2 cm³/mol. The topological polar surface area (TPSA) is 34.0 Å². The molecular formula is C20H14ClFN2O. The van der Waals surface area contributed by atoms with Gasteiger partial charge >= 0.3 is 0 Å². The Kier molecular flexibility index (Phi) is 4.60. The van der Waals surface area contributed by atoms with Crippen LogP contribution >= 0.6 is 11.6 Å². The van der Waals surface area contributed by atoms with Crippen molar-refractivity contribution in [2.45, 2.75) is 0 Å². The third-order valence-corrected chi connectivity index (χ3v) is 3.93. The van der Waals surface area contributed by atoms with E-state index < -0.39 is 11.7 Å². The molecule has 1 aromatic heterocycles. The molecule has 3 nitrogen and oxygen atoms in total. The molecule has 3 rings (SSSR count).